The van der Waals surface area contributed by atoms with Crippen molar-refractivity contribution in [1.29, 1.82) is 0 Å². The van der Waals surface area contributed by atoms with E-state index in [1.165, 1.54) is 13.0 Å². The molecule has 1 saturated heterocycles. The van der Waals surface area contributed by atoms with Crippen molar-refractivity contribution in [1.82, 2.24) is 0 Å². The van der Waals surface area contributed by atoms with E-state index in [1.807, 2.05) is 0 Å². The zero-order chi connectivity index (χ0) is 14.3. The van der Waals surface area contributed by atoms with Gasteiger partial charge in [0.05, 0.1) is 5.56 Å². The summed E-state index contributed by atoms with van der Waals surface area (Å²) in [5, 5.41) is 0. The summed E-state index contributed by atoms with van der Waals surface area (Å²) in [5.74, 6) is -3.50. The molecule has 0 saturated carbocycles. The van der Waals surface area contributed by atoms with Gasteiger partial charge in [-0.1, -0.05) is 12.1 Å². The molecule has 0 bridgehead atoms. The van der Waals surface area contributed by atoms with E-state index >= 15 is 0 Å². The number of esters is 2. The molecule has 2 rings (SSSR count). The number of hydrogen-bond acceptors (Lipinski definition) is 4. The molecular weight excluding hydrogens is 265 g/mol. The van der Waals surface area contributed by atoms with Gasteiger partial charge in [0.1, 0.15) is 6.42 Å². The van der Waals surface area contributed by atoms with Gasteiger partial charge in [-0.05, 0) is 12.1 Å². The Labute approximate surface area is 106 Å². The van der Waals surface area contributed by atoms with Crippen molar-refractivity contribution >= 4 is 11.9 Å². The van der Waals surface area contributed by atoms with E-state index < -0.39 is 35.9 Å². The van der Waals surface area contributed by atoms with Crippen molar-refractivity contribution in [2.24, 2.45) is 0 Å². The van der Waals surface area contributed by atoms with Gasteiger partial charge in [0.2, 0.25) is 0 Å². The minimum Gasteiger partial charge on any atom is -0.418 e. The summed E-state index contributed by atoms with van der Waals surface area (Å²) in [7, 11) is 0. The third-order valence-corrected chi connectivity index (χ3v) is 2.62. The van der Waals surface area contributed by atoms with Crippen LogP contribution in [0.3, 0.4) is 0 Å². The van der Waals surface area contributed by atoms with Crippen LogP contribution < -0.4 is 0 Å². The molecule has 1 aliphatic heterocycles. The molecule has 0 unspecified atom stereocenters. The molecule has 0 aromatic heterocycles. The van der Waals surface area contributed by atoms with Crippen LogP contribution in [0.5, 0.6) is 0 Å². The summed E-state index contributed by atoms with van der Waals surface area (Å²) in [4.78, 5) is 22.4. The monoisotopic (exact) mass is 274 g/mol. The Balaban J connectivity index is 2.40. The number of halogens is 3. The normalized spacial score (nSPS) is 18.7. The summed E-state index contributed by atoms with van der Waals surface area (Å²) in [6.45, 7) is 1.22. The summed E-state index contributed by atoms with van der Waals surface area (Å²) >= 11 is 0. The Morgan fingerprint density at radius 3 is 2.26 bits per heavy atom. The molecule has 0 N–H and O–H groups in total. The number of benzene rings is 1. The maximum absolute atomic E-state index is 12.6. The number of carbonyl (C=O) groups is 2. The topological polar surface area (TPSA) is 52.6 Å². The first kappa shape index (κ1) is 13.4. The predicted octanol–water partition coefficient (Wildman–Crippen LogP) is 2.37. The van der Waals surface area contributed by atoms with Crippen LogP contribution in [-0.4, -0.2) is 11.9 Å². The van der Waals surface area contributed by atoms with Crippen molar-refractivity contribution in [3.63, 3.8) is 0 Å². The van der Waals surface area contributed by atoms with Crippen LogP contribution in [0.2, 0.25) is 0 Å². The summed E-state index contributed by atoms with van der Waals surface area (Å²) in [5.41, 5.74) is -0.965. The lowest BCUT2D eigenvalue weighted by atomic mass is 10.0. The highest BCUT2D eigenvalue weighted by atomic mass is 19.4. The molecule has 0 spiro atoms. The molecule has 1 heterocycles. The maximum Gasteiger partial charge on any atom is 0.416 e. The lowest BCUT2D eigenvalue weighted by molar-refractivity contribution is -0.242. The second kappa shape index (κ2) is 4.25. The number of ether oxygens (including phenoxy) is 2. The Hall–Kier alpha value is -2.05. The van der Waals surface area contributed by atoms with Crippen molar-refractivity contribution in [2.75, 3.05) is 0 Å². The maximum atomic E-state index is 12.6. The molecule has 1 fully saturated rings. The Bertz CT molecular complexity index is 520. The Kier molecular flexibility index (Phi) is 3.00. The zero-order valence-corrected chi connectivity index (χ0v) is 9.78. The lowest BCUT2D eigenvalue weighted by Gasteiger charge is -2.32. The van der Waals surface area contributed by atoms with Gasteiger partial charge in [-0.3, -0.25) is 9.59 Å². The fourth-order valence-electron chi connectivity index (χ4n) is 1.74. The molecule has 1 aromatic rings. The standard InChI is InChI=1S/C12H9F3O4/c1-11(18-9(16)6-10(17)19-11)7-3-2-4-8(5-7)12(13,14)15/h2-5H,6H2,1H3. The van der Waals surface area contributed by atoms with E-state index in [1.54, 1.807) is 0 Å². The second-order valence-corrected chi connectivity index (χ2v) is 4.15. The summed E-state index contributed by atoms with van der Waals surface area (Å²) < 4.78 is 47.5. The number of rotatable bonds is 1. The molecule has 0 atom stereocenters. The average molecular weight is 274 g/mol. The van der Waals surface area contributed by atoms with Gasteiger partial charge in [0, 0.05) is 12.5 Å². The molecule has 0 amide bonds. The third kappa shape index (κ3) is 2.69. The smallest absolute Gasteiger partial charge is 0.416 e. The van der Waals surface area contributed by atoms with Gasteiger partial charge in [-0.15, -0.1) is 0 Å². The zero-order valence-electron chi connectivity index (χ0n) is 9.78. The summed E-state index contributed by atoms with van der Waals surface area (Å²) in [6, 6.07) is 4.10. The minimum atomic E-state index is -4.53. The fraction of sp³-hybridized carbons (Fsp3) is 0.333. The van der Waals surface area contributed by atoms with Crippen LogP contribution >= 0.6 is 0 Å². The van der Waals surface area contributed by atoms with Gasteiger partial charge >= 0.3 is 18.1 Å². The highest BCUT2D eigenvalue weighted by molar-refractivity contribution is 5.93. The van der Waals surface area contributed by atoms with Gasteiger partial charge in [-0.25, -0.2) is 0 Å². The SMILES string of the molecule is CC1(c2cccc(C(F)(F)F)c2)OC(=O)CC(=O)O1. The molecule has 1 aliphatic rings. The highest BCUT2D eigenvalue weighted by Crippen LogP contribution is 2.35. The first-order valence-electron chi connectivity index (χ1n) is 5.32. The van der Waals surface area contributed by atoms with Gasteiger partial charge in [0.15, 0.2) is 0 Å². The van der Waals surface area contributed by atoms with Crippen molar-refractivity contribution in [2.45, 2.75) is 25.3 Å². The molecule has 7 heteroatoms. The number of cyclic esters (lactones) is 2. The quantitative estimate of drug-likeness (QED) is 0.582. The van der Waals surface area contributed by atoms with Crippen LogP contribution in [0.25, 0.3) is 0 Å². The van der Waals surface area contributed by atoms with Crippen molar-refractivity contribution < 1.29 is 32.2 Å². The second-order valence-electron chi connectivity index (χ2n) is 4.15. The lowest BCUT2D eigenvalue weighted by Crippen LogP contribution is -2.40. The number of alkyl halides is 3. The largest absolute Gasteiger partial charge is 0.418 e. The Morgan fingerprint density at radius 2 is 1.74 bits per heavy atom. The number of hydrogen-bond donors (Lipinski definition) is 0. The van der Waals surface area contributed by atoms with E-state index in [0.717, 1.165) is 18.2 Å². The molecule has 4 nitrogen and oxygen atoms in total. The molecule has 102 valence electrons. The Morgan fingerprint density at radius 1 is 1.16 bits per heavy atom. The molecular formula is C12H9F3O4. The van der Waals surface area contributed by atoms with E-state index in [9.17, 15) is 22.8 Å². The van der Waals surface area contributed by atoms with Crippen LogP contribution in [-0.2, 0) is 31.0 Å². The van der Waals surface area contributed by atoms with Gasteiger partial charge in [0.25, 0.3) is 5.79 Å². The molecule has 1 aromatic carbocycles. The van der Waals surface area contributed by atoms with E-state index in [0.29, 0.717) is 0 Å². The van der Waals surface area contributed by atoms with Crippen LogP contribution in [0.15, 0.2) is 24.3 Å². The third-order valence-electron chi connectivity index (χ3n) is 2.62. The molecule has 0 aliphatic carbocycles. The summed E-state index contributed by atoms with van der Waals surface area (Å²) in [6.07, 6.45) is -5.08. The highest BCUT2D eigenvalue weighted by Gasteiger charge is 2.42. The van der Waals surface area contributed by atoms with Crippen LogP contribution in [0.1, 0.15) is 24.5 Å². The predicted molar refractivity (Wildman–Crippen MR) is 55.6 cm³/mol. The van der Waals surface area contributed by atoms with E-state index in [-0.39, 0.29) is 5.56 Å². The van der Waals surface area contributed by atoms with Gasteiger partial charge in [-0.2, -0.15) is 13.2 Å². The van der Waals surface area contributed by atoms with Crippen LogP contribution in [0.4, 0.5) is 13.2 Å². The average Bonchev–Trinajstić information content (AvgIpc) is 2.26. The van der Waals surface area contributed by atoms with Gasteiger partial charge < -0.3 is 9.47 Å². The van der Waals surface area contributed by atoms with Crippen molar-refractivity contribution in [3.05, 3.63) is 35.4 Å². The fourth-order valence-corrected chi connectivity index (χ4v) is 1.74. The first-order chi connectivity index (χ1) is 8.71. The molecule has 0 radical (unpaired) electrons. The van der Waals surface area contributed by atoms with Crippen LogP contribution in [0, 0.1) is 0 Å². The minimum absolute atomic E-state index is 0.0521. The first-order valence-corrected chi connectivity index (χ1v) is 5.32. The van der Waals surface area contributed by atoms with E-state index in [4.69, 9.17) is 9.47 Å². The van der Waals surface area contributed by atoms with Crippen molar-refractivity contribution in [3.8, 4) is 0 Å². The number of carbonyl (C=O) groups excluding carboxylic acids is 2. The molecule has 19 heavy (non-hydrogen) atoms. The van der Waals surface area contributed by atoms with E-state index in [2.05, 4.69) is 0 Å².